The maximum absolute atomic E-state index is 6.19. The van der Waals surface area contributed by atoms with Gasteiger partial charge >= 0.3 is 27.6 Å². The van der Waals surface area contributed by atoms with Crippen LogP contribution in [0.1, 0.15) is 25.0 Å². The molecule has 0 aliphatic rings. The molecule has 0 aliphatic heterocycles. The van der Waals surface area contributed by atoms with E-state index in [2.05, 4.69) is 24.3 Å². The highest BCUT2D eigenvalue weighted by Crippen LogP contribution is 2.16. The molecule has 0 aliphatic carbocycles. The lowest BCUT2D eigenvalue weighted by Crippen LogP contribution is -2.55. The minimum atomic E-state index is -3.34. The predicted molar refractivity (Wildman–Crippen MR) is 127 cm³/mol. The van der Waals surface area contributed by atoms with Gasteiger partial charge in [-0.2, -0.15) is 0 Å². The second-order valence-electron chi connectivity index (χ2n) is 6.72. The Bertz CT molecular complexity index is 645. The molecule has 170 valence electrons. The maximum Gasteiger partial charge on any atom is 0.661 e. The first-order valence-electron chi connectivity index (χ1n) is 10.7. The maximum atomic E-state index is 6.19. The third-order valence-corrected chi connectivity index (χ3v) is 11.1. The van der Waals surface area contributed by atoms with Crippen molar-refractivity contribution in [2.45, 2.75) is 39.8 Å². The monoisotopic (exact) mass is 478 g/mol. The van der Waals surface area contributed by atoms with E-state index in [1.54, 1.807) is 0 Å². The zero-order valence-electron chi connectivity index (χ0n) is 19.0. The van der Waals surface area contributed by atoms with Crippen molar-refractivity contribution in [2.24, 2.45) is 0 Å². The third-order valence-electron chi connectivity index (χ3n) is 4.26. The summed E-state index contributed by atoms with van der Waals surface area (Å²) in [7, 11) is -6.58. The Hall–Kier alpha value is -1.15. The van der Waals surface area contributed by atoms with Gasteiger partial charge < -0.3 is 25.9 Å². The molecule has 2 aromatic rings. The predicted octanol–water partition coefficient (Wildman–Crippen LogP) is 4.28. The van der Waals surface area contributed by atoms with Crippen LogP contribution in [0.25, 0.3) is 0 Å². The van der Waals surface area contributed by atoms with E-state index in [0.717, 1.165) is 12.8 Å². The third kappa shape index (κ3) is 10.3. The first-order valence-corrected chi connectivity index (χ1v) is 16.0. The zero-order chi connectivity index (χ0) is 22.4. The topological polar surface area (TPSA) is 55.4 Å². The van der Waals surface area contributed by atoms with Crippen molar-refractivity contribution in [3.05, 3.63) is 71.8 Å². The summed E-state index contributed by atoms with van der Waals surface area (Å²) in [4.78, 5) is 0. The lowest BCUT2D eigenvalue weighted by Gasteiger charge is -2.31. The Morgan fingerprint density at radius 1 is 0.645 bits per heavy atom. The Balaban J connectivity index is 1.85. The standard InChI is InChI=1S/C22H34O6Si3/c1-5-25-31(26-6-2,27-29(3)23-19-17-21-13-9-7-10-14-21)28-30(4)24-20-18-22-15-11-8-12-16-22/h7-16H,5-6,17-20H2,1-4H3. The van der Waals surface area contributed by atoms with Crippen LogP contribution >= 0.6 is 0 Å². The van der Waals surface area contributed by atoms with Crippen LogP contribution in [0.5, 0.6) is 0 Å². The highest BCUT2D eigenvalue weighted by atomic mass is 28.5. The summed E-state index contributed by atoms with van der Waals surface area (Å²) in [5.74, 6) is 0. The molecule has 0 unspecified atom stereocenters. The average Bonchev–Trinajstić information content (AvgIpc) is 2.75. The fraction of sp³-hybridized carbons (Fsp3) is 0.455. The molecule has 0 spiro atoms. The van der Waals surface area contributed by atoms with E-state index < -0.39 is 27.6 Å². The van der Waals surface area contributed by atoms with E-state index in [-0.39, 0.29) is 0 Å². The second-order valence-corrected chi connectivity index (χ2v) is 12.5. The molecule has 0 saturated heterocycles. The normalized spacial score (nSPS) is 12.1. The van der Waals surface area contributed by atoms with Gasteiger partial charge in [0.05, 0.1) is 0 Å². The lowest BCUT2D eigenvalue weighted by atomic mass is 10.2. The van der Waals surface area contributed by atoms with Gasteiger partial charge in [0.2, 0.25) is 0 Å². The molecular formula is C22H34O6Si3. The fourth-order valence-corrected chi connectivity index (χ4v) is 9.20. The highest BCUT2D eigenvalue weighted by molar-refractivity contribution is 6.69. The Kier molecular flexibility index (Phi) is 12.5. The van der Waals surface area contributed by atoms with Crippen molar-refractivity contribution < 1.29 is 25.9 Å². The van der Waals surface area contributed by atoms with Crippen LogP contribution in [-0.2, 0) is 38.8 Å². The molecule has 2 rings (SSSR count). The smallest absolute Gasteiger partial charge is 0.394 e. The summed E-state index contributed by atoms with van der Waals surface area (Å²) in [5, 5.41) is 0. The summed E-state index contributed by atoms with van der Waals surface area (Å²) >= 11 is 0. The van der Waals surface area contributed by atoms with Gasteiger partial charge in [-0.3, -0.25) is 0 Å². The quantitative estimate of drug-likeness (QED) is 0.336. The summed E-state index contributed by atoms with van der Waals surface area (Å²) in [6, 6.07) is 20.5. The number of hydrogen-bond acceptors (Lipinski definition) is 6. The van der Waals surface area contributed by atoms with Gasteiger partial charge in [0, 0.05) is 26.4 Å². The molecule has 0 N–H and O–H groups in total. The summed E-state index contributed by atoms with van der Waals surface area (Å²) in [6.45, 7) is 9.72. The Morgan fingerprint density at radius 3 is 1.39 bits per heavy atom. The van der Waals surface area contributed by atoms with Gasteiger partial charge in [-0.25, -0.2) is 0 Å². The van der Waals surface area contributed by atoms with E-state index in [9.17, 15) is 0 Å². The highest BCUT2D eigenvalue weighted by Gasteiger charge is 2.49. The van der Waals surface area contributed by atoms with Crippen molar-refractivity contribution in [3.8, 4) is 0 Å². The molecule has 31 heavy (non-hydrogen) atoms. The van der Waals surface area contributed by atoms with Gasteiger partial charge in [-0.1, -0.05) is 60.7 Å². The Labute approximate surface area is 191 Å². The fourth-order valence-electron chi connectivity index (χ4n) is 2.86. The van der Waals surface area contributed by atoms with E-state index in [0.29, 0.717) is 26.4 Å². The Morgan fingerprint density at radius 2 is 1.03 bits per heavy atom. The van der Waals surface area contributed by atoms with Crippen LogP contribution in [0.3, 0.4) is 0 Å². The summed E-state index contributed by atoms with van der Waals surface area (Å²) in [6.07, 6.45) is 1.66. The van der Waals surface area contributed by atoms with Crippen LogP contribution in [0.2, 0.25) is 13.1 Å². The van der Waals surface area contributed by atoms with Crippen molar-refractivity contribution >= 4 is 27.6 Å². The number of rotatable bonds is 16. The lowest BCUT2D eigenvalue weighted by molar-refractivity contribution is 0.0299. The second kappa shape index (κ2) is 14.8. The number of benzene rings is 2. The molecule has 0 heterocycles. The van der Waals surface area contributed by atoms with Crippen LogP contribution in [0.15, 0.2) is 60.7 Å². The minimum Gasteiger partial charge on any atom is -0.394 e. The molecule has 9 heteroatoms. The van der Waals surface area contributed by atoms with Gasteiger partial charge in [-0.05, 0) is 50.9 Å². The summed E-state index contributed by atoms with van der Waals surface area (Å²) in [5.41, 5.74) is 2.47. The molecule has 0 fully saturated rings. The van der Waals surface area contributed by atoms with E-state index in [1.807, 2.05) is 63.3 Å². The molecule has 0 atom stereocenters. The molecule has 2 aromatic carbocycles. The van der Waals surface area contributed by atoms with Crippen molar-refractivity contribution in [1.29, 1.82) is 0 Å². The van der Waals surface area contributed by atoms with Crippen molar-refractivity contribution in [2.75, 3.05) is 26.4 Å². The van der Waals surface area contributed by atoms with Crippen molar-refractivity contribution in [1.82, 2.24) is 0 Å². The largest absolute Gasteiger partial charge is 0.661 e. The van der Waals surface area contributed by atoms with E-state index >= 15 is 0 Å². The van der Waals surface area contributed by atoms with E-state index in [4.69, 9.17) is 25.9 Å². The van der Waals surface area contributed by atoms with Crippen LogP contribution in [-0.4, -0.2) is 54.0 Å². The van der Waals surface area contributed by atoms with Gasteiger partial charge in [0.1, 0.15) is 0 Å². The van der Waals surface area contributed by atoms with Gasteiger partial charge in [-0.15, -0.1) is 0 Å². The first kappa shape index (κ1) is 26.1. The first-order chi connectivity index (χ1) is 15.1. The van der Waals surface area contributed by atoms with Crippen LogP contribution in [0, 0.1) is 0 Å². The van der Waals surface area contributed by atoms with E-state index in [1.165, 1.54) is 11.1 Å². The van der Waals surface area contributed by atoms with Crippen LogP contribution in [0.4, 0.5) is 0 Å². The number of hydrogen-bond donors (Lipinski definition) is 0. The zero-order valence-corrected chi connectivity index (χ0v) is 22.0. The molecule has 0 saturated carbocycles. The average molecular weight is 479 g/mol. The van der Waals surface area contributed by atoms with Crippen molar-refractivity contribution in [3.63, 3.8) is 0 Å². The molecule has 0 aromatic heterocycles. The molecular weight excluding hydrogens is 444 g/mol. The molecule has 0 bridgehead atoms. The van der Waals surface area contributed by atoms with Crippen LogP contribution < -0.4 is 0 Å². The molecule has 2 radical (unpaired) electrons. The van der Waals surface area contributed by atoms with Gasteiger partial charge in [0.15, 0.2) is 0 Å². The SMILES string of the molecule is CCO[Si](OCC)(O[Si](C)OCCc1ccccc1)O[Si](C)OCCc1ccccc1. The molecule has 0 amide bonds. The minimum absolute atomic E-state index is 0.435. The summed E-state index contributed by atoms with van der Waals surface area (Å²) < 4.78 is 36.1. The van der Waals surface area contributed by atoms with Gasteiger partial charge in [0.25, 0.3) is 0 Å². The molecule has 6 nitrogen and oxygen atoms in total.